The van der Waals surface area contributed by atoms with Crippen LogP contribution >= 0.6 is 11.3 Å². The van der Waals surface area contributed by atoms with E-state index >= 15 is 0 Å². The molecule has 9 nitrogen and oxygen atoms in total. The summed E-state index contributed by atoms with van der Waals surface area (Å²) in [6, 6.07) is 4.47. The summed E-state index contributed by atoms with van der Waals surface area (Å²) in [7, 11) is 3.01. The number of hydrogen-bond acceptors (Lipinski definition) is 8. The first-order valence-corrected chi connectivity index (χ1v) is 10.6. The molecule has 180 valence electrons. The number of nitrogens with zero attached hydrogens (tertiary/aromatic N) is 1. The smallest absolute Gasteiger partial charge is 0.387 e. The summed E-state index contributed by atoms with van der Waals surface area (Å²) >= 11 is 0.902. The quantitative estimate of drug-likeness (QED) is 0.470. The van der Waals surface area contributed by atoms with Crippen LogP contribution in [0.2, 0.25) is 0 Å². The van der Waals surface area contributed by atoms with Crippen molar-refractivity contribution in [1.82, 2.24) is 4.90 Å². The third-order valence-corrected chi connectivity index (χ3v) is 5.63. The molecule has 0 fully saturated rings. The van der Waals surface area contributed by atoms with Gasteiger partial charge < -0.3 is 25.3 Å². The second-order valence-corrected chi connectivity index (χ2v) is 7.95. The van der Waals surface area contributed by atoms with Crippen LogP contribution in [0.3, 0.4) is 0 Å². The molecular weight excluding hydrogens is 460 g/mol. The molecule has 0 saturated carbocycles. The molecule has 2 rings (SSSR count). The van der Waals surface area contributed by atoms with Crippen molar-refractivity contribution in [3.05, 3.63) is 39.8 Å². The first-order valence-electron chi connectivity index (χ1n) is 9.77. The third kappa shape index (κ3) is 6.86. The molecule has 2 aromatic rings. The fraction of sp³-hybridized carbons (Fsp3) is 0.381. The highest BCUT2D eigenvalue weighted by molar-refractivity contribution is 7.18. The Balaban J connectivity index is 2.11. The van der Waals surface area contributed by atoms with Gasteiger partial charge in [0.15, 0.2) is 11.5 Å². The number of halogens is 2. The summed E-state index contributed by atoms with van der Waals surface area (Å²) < 4.78 is 39.5. The summed E-state index contributed by atoms with van der Waals surface area (Å²) in [6.45, 7) is 0.567. The van der Waals surface area contributed by atoms with E-state index in [-0.39, 0.29) is 40.1 Å². The summed E-state index contributed by atoms with van der Waals surface area (Å²) in [5, 5.41) is 2.81. The number of carbonyl (C=O) groups excluding carboxylic acids is 3. The van der Waals surface area contributed by atoms with Crippen LogP contribution in [0.4, 0.5) is 13.8 Å². The van der Waals surface area contributed by atoms with E-state index in [1.54, 1.807) is 31.9 Å². The van der Waals surface area contributed by atoms with Gasteiger partial charge in [-0.2, -0.15) is 8.78 Å². The lowest BCUT2D eigenvalue weighted by molar-refractivity contribution is -0.117. The minimum atomic E-state index is -2.98. The van der Waals surface area contributed by atoms with Gasteiger partial charge >= 0.3 is 12.6 Å². The van der Waals surface area contributed by atoms with E-state index in [1.165, 1.54) is 19.2 Å². The Morgan fingerprint density at radius 3 is 2.52 bits per heavy atom. The molecule has 0 atom stereocenters. The van der Waals surface area contributed by atoms with Gasteiger partial charge in [-0.05, 0) is 44.2 Å². The van der Waals surface area contributed by atoms with Gasteiger partial charge in [-0.3, -0.25) is 14.5 Å². The number of esters is 1. The zero-order chi connectivity index (χ0) is 24.7. The van der Waals surface area contributed by atoms with Crippen LogP contribution in [0.25, 0.3) is 0 Å². The SMILES string of the molecule is CCOC(=O)c1c(NC(=O)CN(C)Cc2ccc(OC(F)F)c(OC)c2)sc(C(N)=O)c1C. The Bertz CT molecular complexity index is 1030. The lowest BCUT2D eigenvalue weighted by Gasteiger charge is -2.18. The van der Waals surface area contributed by atoms with E-state index < -0.39 is 24.4 Å². The standard InChI is InChI=1S/C21H25F2N3O6S/c1-5-31-20(29)16-11(2)17(18(24)28)33-19(16)25-15(27)10-26(3)9-12-6-7-13(32-21(22)23)14(8-12)30-4/h6-8,21H,5,9-10H2,1-4H3,(H2,24,28)(H,25,27). The van der Waals surface area contributed by atoms with Crippen LogP contribution in [0.5, 0.6) is 11.5 Å². The van der Waals surface area contributed by atoms with E-state index in [0.717, 1.165) is 11.3 Å². The fourth-order valence-corrected chi connectivity index (χ4v) is 4.13. The van der Waals surface area contributed by atoms with E-state index in [0.29, 0.717) is 17.7 Å². The van der Waals surface area contributed by atoms with Crippen molar-refractivity contribution < 1.29 is 37.4 Å². The minimum absolute atomic E-state index is 0.0667. The Hall–Kier alpha value is -3.25. The Morgan fingerprint density at radius 2 is 1.94 bits per heavy atom. The number of benzene rings is 1. The molecule has 0 bridgehead atoms. The van der Waals surface area contributed by atoms with Gasteiger partial charge in [0.05, 0.1) is 30.7 Å². The summed E-state index contributed by atoms with van der Waals surface area (Å²) in [4.78, 5) is 38.4. The lowest BCUT2D eigenvalue weighted by Crippen LogP contribution is -2.30. The maximum atomic E-state index is 12.6. The van der Waals surface area contributed by atoms with E-state index in [4.69, 9.17) is 15.2 Å². The molecule has 0 aliphatic carbocycles. The Labute approximate surface area is 193 Å². The van der Waals surface area contributed by atoms with E-state index in [2.05, 4.69) is 10.1 Å². The first-order chi connectivity index (χ1) is 15.6. The molecule has 0 aliphatic rings. The number of ether oxygens (including phenoxy) is 3. The molecular formula is C21H25F2N3O6S. The molecule has 0 aliphatic heterocycles. The monoisotopic (exact) mass is 485 g/mol. The van der Waals surface area contributed by atoms with Crippen molar-refractivity contribution in [2.45, 2.75) is 27.0 Å². The molecule has 2 amide bonds. The molecule has 3 N–H and O–H groups in total. The summed E-state index contributed by atoms with van der Waals surface area (Å²) in [5.41, 5.74) is 6.49. The molecule has 1 aromatic heterocycles. The van der Waals surface area contributed by atoms with Crippen LogP contribution in [-0.4, -0.2) is 56.6 Å². The van der Waals surface area contributed by atoms with Crippen LogP contribution in [0.1, 0.15) is 38.1 Å². The molecule has 0 radical (unpaired) electrons. The van der Waals surface area contributed by atoms with Crippen LogP contribution < -0.4 is 20.5 Å². The van der Waals surface area contributed by atoms with Crippen molar-refractivity contribution in [3.63, 3.8) is 0 Å². The van der Waals surface area contributed by atoms with Crippen LogP contribution in [0.15, 0.2) is 18.2 Å². The van der Waals surface area contributed by atoms with Crippen LogP contribution in [-0.2, 0) is 16.1 Å². The largest absolute Gasteiger partial charge is 0.493 e. The van der Waals surface area contributed by atoms with Crippen molar-refractivity contribution in [3.8, 4) is 11.5 Å². The van der Waals surface area contributed by atoms with Crippen molar-refractivity contribution in [1.29, 1.82) is 0 Å². The number of nitrogens with one attached hydrogen (secondary N) is 1. The maximum Gasteiger partial charge on any atom is 0.387 e. The van der Waals surface area contributed by atoms with Gasteiger partial charge in [0, 0.05) is 6.54 Å². The van der Waals surface area contributed by atoms with Gasteiger partial charge in [0.1, 0.15) is 5.00 Å². The molecule has 1 heterocycles. The number of nitrogens with two attached hydrogens (primary N) is 1. The average molecular weight is 486 g/mol. The molecule has 1 aromatic carbocycles. The Morgan fingerprint density at radius 1 is 1.24 bits per heavy atom. The second-order valence-electron chi connectivity index (χ2n) is 6.93. The summed E-state index contributed by atoms with van der Waals surface area (Å²) in [6.07, 6.45) is 0. The number of amides is 2. The topological polar surface area (TPSA) is 120 Å². The second kappa shape index (κ2) is 11.6. The number of alkyl halides is 2. The molecule has 12 heteroatoms. The Kier molecular flexibility index (Phi) is 9.12. The highest BCUT2D eigenvalue weighted by Gasteiger charge is 2.26. The van der Waals surface area contributed by atoms with Crippen molar-refractivity contribution >= 4 is 34.1 Å². The first kappa shape index (κ1) is 26.0. The van der Waals surface area contributed by atoms with Gasteiger partial charge in [-0.15, -0.1) is 11.3 Å². The number of rotatable bonds is 11. The number of likely N-dealkylation sites (N-methyl/N-ethyl adjacent to an activating group) is 1. The summed E-state index contributed by atoms with van der Waals surface area (Å²) in [5.74, 6) is -1.78. The van der Waals surface area contributed by atoms with E-state index in [1.807, 2.05) is 0 Å². The lowest BCUT2D eigenvalue weighted by atomic mass is 10.1. The van der Waals surface area contributed by atoms with Crippen molar-refractivity contribution in [2.24, 2.45) is 5.73 Å². The van der Waals surface area contributed by atoms with Crippen molar-refractivity contribution in [2.75, 3.05) is 32.6 Å². The molecule has 33 heavy (non-hydrogen) atoms. The van der Waals surface area contributed by atoms with Gasteiger partial charge in [-0.1, -0.05) is 6.07 Å². The third-order valence-electron chi connectivity index (χ3n) is 4.41. The predicted molar refractivity (Wildman–Crippen MR) is 118 cm³/mol. The fourth-order valence-electron chi connectivity index (χ4n) is 3.07. The maximum absolute atomic E-state index is 12.6. The zero-order valence-corrected chi connectivity index (χ0v) is 19.4. The molecule has 0 saturated heterocycles. The highest BCUT2D eigenvalue weighted by atomic mass is 32.1. The number of thiophene rings is 1. The number of methoxy groups -OCH3 is 1. The number of primary amides is 1. The van der Waals surface area contributed by atoms with Crippen LogP contribution in [0, 0.1) is 6.92 Å². The minimum Gasteiger partial charge on any atom is -0.493 e. The number of carbonyl (C=O) groups is 3. The van der Waals surface area contributed by atoms with Gasteiger partial charge in [-0.25, -0.2) is 4.79 Å². The number of hydrogen-bond donors (Lipinski definition) is 2. The molecule has 0 unspecified atom stereocenters. The number of anilines is 1. The van der Waals surface area contributed by atoms with Gasteiger partial charge in [0.25, 0.3) is 5.91 Å². The zero-order valence-electron chi connectivity index (χ0n) is 18.6. The normalized spacial score (nSPS) is 10.9. The van der Waals surface area contributed by atoms with Gasteiger partial charge in [0.2, 0.25) is 5.91 Å². The predicted octanol–water partition coefficient (Wildman–Crippen LogP) is 3.01. The van der Waals surface area contributed by atoms with E-state index in [9.17, 15) is 23.2 Å². The highest BCUT2D eigenvalue weighted by Crippen LogP contribution is 2.33. The average Bonchev–Trinajstić information content (AvgIpc) is 3.04. The molecule has 0 spiro atoms.